The van der Waals surface area contributed by atoms with E-state index in [9.17, 15) is 3.89 Å². The van der Waals surface area contributed by atoms with E-state index in [2.05, 4.69) is 4.98 Å². The second kappa shape index (κ2) is 5.68. The predicted molar refractivity (Wildman–Crippen MR) is 45.2 cm³/mol. The second-order valence-electron chi connectivity index (χ2n) is 1.33. The molecule has 1 heterocycles. The van der Waals surface area contributed by atoms with Crippen LogP contribution in [0.5, 0.6) is 0 Å². The van der Waals surface area contributed by atoms with Crippen molar-refractivity contribution in [3.8, 4) is 0 Å². The predicted octanol–water partition coefficient (Wildman–Crippen LogP) is 3.45. The van der Waals surface area contributed by atoms with Crippen LogP contribution in [0.1, 0.15) is 19.5 Å². The van der Waals surface area contributed by atoms with Gasteiger partial charge in [0, 0.05) is 11.1 Å². The SMILES string of the molecule is CC.Cc1csc(SF)n1. The fourth-order valence-corrected chi connectivity index (χ4v) is 1.36. The zero-order chi connectivity index (χ0) is 7.98. The molecule has 0 aliphatic rings. The van der Waals surface area contributed by atoms with Gasteiger partial charge in [-0.2, -0.15) is 3.89 Å². The molecule has 0 unspecified atom stereocenters. The Balaban J connectivity index is 0.000000371. The molecule has 0 aliphatic heterocycles. The van der Waals surface area contributed by atoms with Crippen LogP contribution in [0.15, 0.2) is 9.72 Å². The van der Waals surface area contributed by atoms with E-state index in [1.165, 1.54) is 11.3 Å². The molecular formula is C6H10FNS2. The van der Waals surface area contributed by atoms with Crippen molar-refractivity contribution in [2.75, 3.05) is 0 Å². The summed E-state index contributed by atoms with van der Waals surface area (Å²) in [4.78, 5) is 3.84. The number of halogens is 1. The summed E-state index contributed by atoms with van der Waals surface area (Å²) in [6.07, 6.45) is 0. The van der Waals surface area contributed by atoms with Gasteiger partial charge in [0.2, 0.25) is 0 Å². The lowest BCUT2D eigenvalue weighted by Gasteiger charge is -1.74. The third-order valence-electron chi connectivity index (χ3n) is 0.664. The normalized spacial score (nSPS) is 8.40. The maximum absolute atomic E-state index is 11.6. The van der Waals surface area contributed by atoms with E-state index < -0.39 is 0 Å². The monoisotopic (exact) mass is 179 g/mol. The first-order valence-corrected chi connectivity index (χ1v) is 4.63. The summed E-state index contributed by atoms with van der Waals surface area (Å²) in [5.41, 5.74) is 0.884. The summed E-state index contributed by atoms with van der Waals surface area (Å²) >= 11 is 1.52. The van der Waals surface area contributed by atoms with Crippen LogP contribution in [0.2, 0.25) is 0 Å². The highest BCUT2D eigenvalue weighted by Gasteiger charge is 1.95. The highest BCUT2D eigenvalue weighted by molar-refractivity contribution is 7.96. The number of nitrogens with zero attached hydrogens (tertiary/aromatic N) is 1. The number of aromatic nitrogens is 1. The zero-order valence-corrected chi connectivity index (χ0v) is 7.85. The molecule has 0 aromatic carbocycles. The molecule has 10 heavy (non-hydrogen) atoms. The first-order chi connectivity index (χ1) is 4.83. The zero-order valence-electron chi connectivity index (χ0n) is 6.22. The third kappa shape index (κ3) is 3.17. The summed E-state index contributed by atoms with van der Waals surface area (Å²) in [6.45, 7) is 5.84. The van der Waals surface area contributed by atoms with Crippen molar-refractivity contribution in [2.45, 2.75) is 25.1 Å². The van der Waals surface area contributed by atoms with Crippen molar-refractivity contribution < 1.29 is 3.89 Å². The summed E-state index contributed by atoms with van der Waals surface area (Å²) in [6, 6.07) is 0. The number of thiazole rings is 1. The fourth-order valence-electron chi connectivity index (χ4n) is 0.368. The second-order valence-corrected chi connectivity index (χ2v) is 2.99. The van der Waals surface area contributed by atoms with Crippen LogP contribution in [0.3, 0.4) is 0 Å². The molecule has 1 aromatic heterocycles. The summed E-state index contributed by atoms with van der Waals surface area (Å²) in [5.74, 6) is 0. The Morgan fingerprint density at radius 2 is 2.20 bits per heavy atom. The minimum Gasteiger partial charge on any atom is -0.233 e. The molecule has 58 valence electrons. The molecule has 0 amide bonds. The van der Waals surface area contributed by atoms with Crippen LogP contribution < -0.4 is 0 Å². The van der Waals surface area contributed by atoms with Gasteiger partial charge in [-0.25, -0.2) is 4.98 Å². The van der Waals surface area contributed by atoms with Crippen LogP contribution in [0.25, 0.3) is 0 Å². The molecule has 0 spiro atoms. The van der Waals surface area contributed by atoms with E-state index in [1.54, 1.807) is 0 Å². The van der Waals surface area contributed by atoms with Crippen LogP contribution in [-0.2, 0) is 0 Å². The van der Waals surface area contributed by atoms with Gasteiger partial charge >= 0.3 is 0 Å². The molecule has 1 rings (SSSR count). The average Bonchev–Trinajstić information content (AvgIpc) is 2.40. The Labute approximate surface area is 69.0 Å². The molecule has 0 atom stereocenters. The van der Waals surface area contributed by atoms with Crippen LogP contribution in [0.4, 0.5) is 3.89 Å². The lowest BCUT2D eigenvalue weighted by Crippen LogP contribution is -1.65. The molecule has 0 bridgehead atoms. The van der Waals surface area contributed by atoms with Crippen molar-refractivity contribution in [2.24, 2.45) is 0 Å². The maximum Gasteiger partial charge on any atom is 0.182 e. The molecule has 0 N–H and O–H groups in total. The first-order valence-electron chi connectivity index (χ1n) is 3.03. The van der Waals surface area contributed by atoms with E-state index in [1.807, 2.05) is 26.2 Å². The van der Waals surface area contributed by atoms with Crippen LogP contribution >= 0.6 is 23.5 Å². The van der Waals surface area contributed by atoms with Crippen molar-refractivity contribution in [1.29, 1.82) is 0 Å². The first kappa shape index (κ1) is 9.91. The summed E-state index contributed by atoms with van der Waals surface area (Å²) < 4.78 is 12.1. The van der Waals surface area contributed by atoms with Crippen molar-refractivity contribution in [3.05, 3.63) is 11.1 Å². The van der Waals surface area contributed by atoms with Gasteiger partial charge in [-0.1, -0.05) is 13.8 Å². The Kier molecular flexibility index (Phi) is 5.63. The molecule has 0 aliphatic carbocycles. The molecule has 0 fully saturated rings. The molecule has 1 nitrogen and oxygen atoms in total. The highest BCUT2D eigenvalue weighted by atomic mass is 32.2. The van der Waals surface area contributed by atoms with Gasteiger partial charge in [-0.15, -0.1) is 11.3 Å². The van der Waals surface area contributed by atoms with Gasteiger partial charge in [0.1, 0.15) is 12.1 Å². The molecular weight excluding hydrogens is 169 g/mol. The number of aryl methyl sites for hydroxylation is 1. The lowest BCUT2D eigenvalue weighted by atomic mass is 10.6. The van der Waals surface area contributed by atoms with Crippen molar-refractivity contribution >= 4 is 23.5 Å². The molecule has 0 saturated heterocycles. The number of hydrogen-bond acceptors (Lipinski definition) is 3. The lowest BCUT2D eigenvalue weighted by molar-refractivity contribution is 0.928. The minimum absolute atomic E-state index is 0.197. The average molecular weight is 179 g/mol. The Hall–Kier alpha value is -0.0900. The standard InChI is InChI=1S/C4H4FNS2.C2H6/c1-3-2-7-4(6-3)8-5;1-2/h2H,1H3;1-2H3. The largest absolute Gasteiger partial charge is 0.233 e. The highest BCUT2D eigenvalue weighted by Crippen LogP contribution is 2.22. The van der Waals surface area contributed by atoms with Gasteiger partial charge in [0.15, 0.2) is 4.34 Å². The fraction of sp³-hybridized carbons (Fsp3) is 0.500. The van der Waals surface area contributed by atoms with Gasteiger partial charge in [-0.3, -0.25) is 0 Å². The van der Waals surface area contributed by atoms with Crippen molar-refractivity contribution in [1.82, 2.24) is 4.98 Å². The molecule has 1 aromatic rings. The van der Waals surface area contributed by atoms with E-state index in [4.69, 9.17) is 0 Å². The summed E-state index contributed by atoms with van der Waals surface area (Å²) in [7, 11) is 0. The molecule has 0 saturated carbocycles. The third-order valence-corrected chi connectivity index (χ3v) is 2.12. The molecule has 4 heteroatoms. The van der Waals surface area contributed by atoms with E-state index >= 15 is 0 Å². The van der Waals surface area contributed by atoms with Gasteiger partial charge < -0.3 is 0 Å². The number of hydrogen-bond donors (Lipinski definition) is 0. The number of rotatable bonds is 1. The van der Waals surface area contributed by atoms with Crippen molar-refractivity contribution in [3.63, 3.8) is 0 Å². The Morgan fingerprint density at radius 1 is 1.60 bits per heavy atom. The smallest absolute Gasteiger partial charge is 0.182 e. The van der Waals surface area contributed by atoms with E-state index in [0.717, 1.165) is 5.69 Å². The van der Waals surface area contributed by atoms with Gasteiger partial charge in [0.05, 0.1) is 0 Å². The van der Waals surface area contributed by atoms with E-state index in [-0.39, 0.29) is 12.1 Å². The van der Waals surface area contributed by atoms with Crippen LogP contribution in [0, 0.1) is 6.92 Å². The van der Waals surface area contributed by atoms with Gasteiger partial charge in [-0.05, 0) is 6.92 Å². The maximum atomic E-state index is 11.6. The topological polar surface area (TPSA) is 12.9 Å². The van der Waals surface area contributed by atoms with Gasteiger partial charge in [0.25, 0.3) is 0 Å². The minimum atomic E-state index is 0.197. The van der Waals surface area contributed by atoms with E-state index in [0.29, 0.717) is 4.34 Å². The molecule has 0 radical (unpaired) electrons. The summed E-state index contributed by atoms with van der Waals surface area (Å²) in [5, 5.41) is 1.82. The van der Waals surface area contributed by atoms with Crippen LogP contribution in [-0.4, -0.2) is 4.98 Å². The Bertz CT molecular complexity index is 176. The Morgan fingerprint density at radius 3 is 2.40 bits per heavy atom. The quantitative estimate of drug-likeness (QED) is 0.655.